The Balaban J connectivity index is 3.02. The van der Waals surface area contributed by atoms with Crippen LogP contribution in [0.2, 0.25) is 0 Å². The molecule has 5 heteroatoms. The molecule has 0 saturated carbocycles. The van der Waals surface area contributed by atoms with Gasteiger partial charge in [0.15, 0.2) is 0 Å². The Morgan fingerprint density at radius 1 is 1.47 bits per heavy atom. The van der Waals surface area contributed by atoms with E-state index in [0.717, 1.165) is 0 Å². The van der Waals surface area contributed by atoms with Crippen molar-refractivity contribution < 1.29 is 14.4 Å². The summed E-state index contributed by atoms with van der Waals surface area (Å²) in [4.78, 5) is 15.6. The monoisotopic (exact) mass is 208 g/mol. The first-order chi connectivity index (χ1) is 7.20. The van der Waals surface area contributed by atoms with Gasteiger partial charge in [-0.2, -0.15) is 0 Å². The van der Waals surface area contributed by atoms with Gasteiger partial charge in [0.25, 0.3) is 0 Å². The average molecular weight is 208 g/mol. The maximum absolute atomic E-state index is 11.1. The molecule has 0 spiro atoms. The summed E-state index contributed by atoms with van der Waals surface area (Å²) in [5.74, 6) is 4.27. The fraction of sp³-hybridized carbons (Fsp3) is 0.200. The van der Waals surface area contributed by atoms with Crippen molar-refractivity contribution in [3.8, 4) is 0 Å². The lowest BCUT2D eigenvalue weighted by molar-refractivity contribution is -0.132. The number of rotatable bonds is 4. The molecule has 1 aromatic carbocycles. The number of methoxy groups -OCH3 is 1. The van der Waals surface area contributed by atoms with Gasteiger partial charge < -0.3 is 4.74 Å². The van der Waals surface area contributed by atoms with E-state index in [4.69, 9.17) is 11.3 Å². The molecule has 0 aliphatic heterocycles. The molecular weight excluding hydrogens is 196 g/mol. The molecule has 0 atom stereocenters. The van der Waals surface area contributed by atoms with Crippen molar-refractivity contribution in [1.82, 2.24) is 0 Å². The van der Waals surface area contributed by atoms with E-state index in [1.54, 1.807) is 24.3 Å². The molecule has 15 heavy (non-hydrogen) atoms. The lowest BCUT2D eigenvalue weighted by Gasteiger charge is -2.07. The van der Waals surface area contributed by atoms with Crippen LogP contribution in [0.3, 0.4) is 0 Å². The van der Waals surface area contributed by atoms with Crippen LogP contribution in [0, 0.1) is 5.41 Å². The van der Waals surface area contributed by atoms with Crippen molar-refractivity contribution in [2.24, 2.45) is 5.90 Å². The summed E-state index contributed by atoms with van der Waals surface area (Å²) in [6.45, 7) is 0.148. The van der Waals surface area contributed by atoms with Crippen LogP contribution in [0.25, 0.3) is 0 Å². The fourth-order valence-electron chi connectivity index (χ4n) is 1.19. The molecule has 0 amide bonds. The van der Waals surface area contributed by atoms with E-state index in [1.807, 2.05) is 0 Å². The van der Waals surface area contributed by atoms with E-state index in [-0.39, 0.29) is 12.3 Å². The van der Waals surface area contributed by atoms with Gasteiger partial charge >= 0.3 is 5.97 Å². The lowest BCUT2D eigenvalue weighted by Crippen LogP contribution is -2.18. The van der Waals surface area contributed by atoms with Gasteiger partial charge in [0.2, 0.25) is 0 Å². The summed E-state index contributed by atoms with van der Waals surface area (Å²) in [6.07, 6.45) is 0. The average Bonchev–Trinajstić information content (AvgIpc) is 2.28. The topological polar surface area (TPSA) is 85.4 Å². The van der Waals surface area contributed by atoms with Gasteiger partial charge in [-0.05, 0) is 5.56 Å². The lowest BCUT2D eigenvalue weighted by atomic mass is 10.0. The molecule has 3 N–H and O–H groups in total. The fourth-order valence-corrected chi connectivity index (χ4v) is 1.19. The Hall–Kier alpha value is -1.72. The third kappa shape index (κ3) is 2.61. The minimum atomic E-state index is -0.681. The third-order valence-corrected chi connectivity index (χ3v) is 1.92. The molecule has 0 saturated heterocycles. The molecule has 80 valence electrons. The van der Waals surface area contributed by atoms with E-state index in [2.05, 4.69) is 9.57 Å². The molecule has 0 aliphatic rings. The van der Waals surface area contributed by atoms with Crippen molar-refractivity contribution >= 4 is 11.7 Å². The molecule has 1 rings (SSSR count). The maximum atomic E-state index is 11.1. The van der Waals surface area contributed by atoms with Gasteiger partial charge in [-0.25, -0.2) is 10.7 Å². The number of hydrogen-bond acceptors (Lipinski definition) is 5. The maximum Gasteiger partial charge on any atom is 0.356 e. The second kappa shape index (κ2) is 5.23. The Morgan fingerprint density at radius 3 is 2.73 bits per heavy atom. The van der Waals surface area contributed by atoms with E-state index in [1.165, 1.54) is 7.11 Å². The Kier molecular flexibility index (Phi) is 3.96. The molecule has 0 aliphatic carbocycles. The summed E-state index contributed by atoms with van der Waals surface area (Å²) in [7, 11) is 1.24. The third-order valence-electron chi connectivity index (χ3n) is 1.92. The highest BCUT2D eigenvalue weighted by Gasteiger charge is 2.15. The highest BCUT2D eigenvalue weighted by atomic mass is 16.6. The van der Waals surface area contributed by atoms with Crippen molar-refractivity contribution in [2.75, 3.05) is 7.11 Å². The van der Waals surface area contributed by atoms with Gasteiger partial charge in [-0.1, -0.05) is 24.3 Å². The zero-order valence-corrected chi connectivity index (χ0v) is 8.32. The van der Waals surface area contributed by atoms with Crippen molar-refractivity contribution in [1.29, 1.82) is 5.41 Å². The molecule has 0 unspecified atom stereocenters. The van der Waals surface area contributed by atoms with Crippen LogP contribution in [-0.2, 0) is 21.0 Å². The number of carbonyl (C=O) groups excluding carboxylic acids is 1. The predicted octanol–water partition coefficient (Wildman–Crippen LogP) is 0.618. The zero-order valence-electron chi connectivity index (χ0n) is 8.32. The normalized spacial score (nSPS) is 9.73. The Morgan fingerprint density at radius 2 is 2.13 bits per heavy atom. The van der Waals surface area contributed by atoms with Gasteiger partial charge in [0.1, 0.15) is 5.71 Å². The first-order valence-corrected chi connectivity index (χ1v) is 4.27. The van der Waals surface area contributed by atoms with Gasteiger partial charge in [0, 0.05) is 5.56 Å². The van der Waals surface area contributed by atoms with Crippen molar-refractivity contribution in [3.05, 3.63) is 35.4 Å². The van der Waals surface area contributed by atoms with E-state index in [9.17, 15) is 4.79 Å². The largest absolute Gasteiger partial charge is 0.464 e. The van der Waals surface area contributed by atoms with E-state index in [0.29, 0.717) is 11.1 Å². The number of nitrogens with two attached hydrogens (primary N) is 1. The van der Waals surface area contributed by atoms with Crippen LogP contribution >= 0.6 is 0 Å². The van der Waals surface area contributed by atoms with E-state index < -0.39 is 5.97 Å². The Labute approximate surface area is 87.3 Å². The van der Waals surface area contributed by atoms with Crippen LogP contribution < -0.4 is 5.90 Å². The molecule has 1 aromatic rings. The number of nitrogens with one attached hydrogen (secondary N) is 1. The summed E-state index contributed by atoms with van der Waals surface area (Å²) in [6, 6.07) is 6.89. The molecule has 0 radical (unpaired) electrons. The smallest absolute Gasteiger partial charge is 0.356 e. The highest BCUT2D eigenvalue weighted by Crippen LogP contribution is 2.10. The molecule has 0 heterocycles. The summed E-state index contributed by atoms with van der Waals surface area (Å²) >= 11 is 0. The van der Waals surface area contributed by atoms with Crippen LogP contribution in [0.4, 0.5) is 0 Å². The number of hydrogen-bond donors (Lipinski definition) is 2. The number of esters is 1. The number of carbonyl (C=O) groups is 1. The van der Waals surface area contributed by atoms with Crippen molar-refractivity contribution in [3.63, 3.8) is 0 Å². The van der Waals surface area contributed by atoms with Crippen LogP contribution in [0.1, 0.15) is 11.1 Å². The summed E-state index contributed by atoms with van der Waals surface area (Å²) < 4.78 is 4.46. The second-order valence-corrected chi connectivity index (χ2v) is 2.83. The minimum absolute atomic E-state index is 0.148. The molecular formula is C10H12N2O3. The first-order valence-electron chi connectivity index (χ1n) is 4.27. The summed E-state index contributed by atoms with van der Waals surface area (Å²) in [5.41, 5.74) is 0.940. The zero-order chi connectivity index (χ0) is 11.3. The standard InChI is InChI=1S/C10H12N2O3/c1-14-10(13)9(11)8-5-3-2-4-7(8)6-15-12/h2-5,11H,6,12H2,1H3. The van der Waals surface area contributed by atoms with Gasteiger partial charge in [-0.15, -0.1) is 0 Å². The van der Waals surface area contributed by atoms with Crippen LogP contribution in [0.15, 0.2) is 24.3 Å². The quantitative estimate of drug-likeness (QED) is 0.431. The SMILES string of the molecule is COC(=O)C(=N)c1ccccc1CON. The summed E-state index contributed by atoms with van der Waals surface area (Å²) in [5, 5.41) is 7.58. The predicted molar refractivity (Wildman–Crippen MR) is 54.3 cm³/mol. The molecule has 0 bridgehead atoms. The van der Waals surface area contributed by atoms with Crippen molar-refractivity contribution in [2.45, 2.75) is 6.61 Å². The molecule has 0 aromatic heterocycles. The van der Waals surface area contributed by atoms with Gasteiger partial charge in [-0.3, -0.25) is 10.2 Å². The molecule has 5 nitrogen and oxygen atoms in total. The number of ether oxygens (including phenoxy) is 1. The number of benzene rings is 1. The molecule has 0 fully saturated rings. The van der Waals surface area contributed by atoms with E-state index >= 15 is 0 Å². The Bertz CT molecular complexity index is 377. The first kappa shape index (κ1) is 11.4. The van der Waals surface area contributed by atoms with Crippen LogP contribution in [0.5, 0.6) is 0 Å². The highest BCUT2D eigenvalue weighted by molar-refractivity contribution is 6.42. The second-order valence-electron chi connectivity index (χ2n) is 2.83. The van der Waals surface area contributed by atoms with Crippen LogP contribution in [-0.4, -0.2) is 18.8 Å². The minimum Gasteiger partial charge on any atom is -0.464 e. The van der Waals surface area contributed by atoms with Gasteiger partial charge in [0.05, 0.1) is 13.7 Å².